The summed E-state index contributed by atoms with van der Waals surface area (Å²) in [4.78, 5) is 16.5. The maximum absolute atomic E-state index is 12.4. The average Bonchev–Trinajstić information content (AvgIpc) is 2.97. The van der Waals surface area contributed by atoms with Gasteiger partial charge < -0.3 is 14.5 Å². The Labute approximate surface area is 154 Å². The van der Waals surface area contributed by atoms with Crippen LogP contribution in [0.5, 0.6) is 0 Å². The first-order valence-electron chi connectivity index (χ1n) is 9.44. The summed E-state index contributed by atoms with van der Waals surface area (Å²) in [7, 11) is 2.10. The minimum atomic E-state index is -0.437. The van der Waals surface area contributed by atoms with Crippen LogP contribution < -0.4 is 0 Å². The van der Waals surface area contributed by atoms with Gasteiger partial charge in [-0.15, -0.1) is 0 Å². The number of allylic oxidation sites excluding steroid dienone is 5. The smallest absolute Gasteiger partial charge is 0.410 e. The molecule has 0 N–H and O–H groups in total. The maximum Gasteiger partial charge on any atom is 0.410 e. The van der Waals surface area contributed by atoms with Crippen LogP contribution in [-0.4, -0.2) is 54.2 Å². The molecule has 1 saturated heterocycles. The van der Waals surface area contributed by atoms with Gasteiger partial charge in [-0.1, -0.05) is 37.3 Å². The molecule has 1 fully saturated rings. The molecule has 0 saturated carbocycles. The molecule has 0 spiro atoms. The standard InChI is InChI=1S/C21H36N2O2/c1-7-9-12-18(8-2)13-10-15-22(6)17-19-14-11-16-23(19)20(24)25-21(3,4)5/h8-10,12-13,19H,7,11,14-17H2,1-6H3/b12-9-,13-10+,18-8+. The number of hydrogen-bond acceptors (Lipinski definition) is 3. The molecule has 25 heavy (non-hydrogen) atoms. The summed E-state index contributed by atoms with van der Waals surface area (Å²) in [6.07, 6.45) is 13.7. The molecule has 1 unspecified atom stereocenters. The van der Waals surface area contributed by atoms with Crippen LogP contribution in [0, 0.1) is 0 Å². The van der Waals surface area contributed by atoms with Crippen LogP contribution in [0.4, 0.5) is 4.79 Å². The normalized spacial score (nSPS) is 19.6. The summed E-state index contributed by atoms with van der Waals surface area (Å²) in [6.45, 7) is 12.5. The Hall–Kier alpha value is -1.55. The largest absolute Gasteiger partial charge is 0.444 e. The topological polar surface area (TPSA) is 32.8 Å². The predicted octanol–water partition coefficient (Wildman–Crippen LogP) is 4.79. The molecule has 1 heterocycles. The minimum Gasteiger partial charge on any atom is -0.444 e. The lowest BCUT2D eigenvalue weighted by Gasteiger charge is -2.30. The van der Waals surface area contributed by atoms with Crippen molar-refractivity contribution in [2.24, 2.45) is 0 Å². The third-order valence-electron chi connectivity index (χ3n) is 4.13. The molecule has 1 amide bonds. The van der Waals surface area contributed by atoms with E-state index < -0.39 is 5.60 Å². The van der Waals surface area contributed by atoms with Crippen LogP contribution in [0.2, 0.25) is 0 Å². The van der Waals surface area contributed by atoms with Crippen molar-refractivity contribution in [1.82, 2.24) is 9.80 Å². The maximum atomic E-state index is 12.4. The summed E-state index contributed by atoms with van der Waals surface area (Å²) < 4.78 is 5.54. The second kappa shape index (κ2) is 10.4. The molecule has 0 bridgehead atoms. The summed E-state index contributed by atoms with van der Waals surface area (Å²) in [5, 5.41) is 0. The SMILES string of the molecule is C/C=C(\C=C/CC)/C=C/CN(C)CC1CCCN1C(=O)OC(C)(C)C. The summed E-state index contributed by atoms with van der Waals surface area (Å²) >= 11 is 0. The number of likely N-dealkylation sites (tertiary alicyclic amines) is 1. The van der Waals surface area contributed by atoms with E-state index in [2.05, 4.69) is 56.2 Å². The Balaban J connectivity index is 2.51. The van der Waals surface area contributed by atoms with Crippen LogP contribution in [0.3, 0.4) is 0 Å². The summed E-state index contributed by atoms with van der Waals surface area (Å²) in [6, 6.07) is 0.245. The van der Waals surface area contributed by atoms with Crippen molar-refractivity contribution in [2.45, 2.75) is 65.5 Å². The highest BCUT2D eigenvalue weighted by Gasteiger charge is 2.32. The van der Waals surface area contributed by atoms with E-state index in [9.17, 15) is 4.79 Å². The molecule has 0 radical (unpaired) electrons. The quantitative estimate of drug-likeness (QED) is 0.620. The second-order valence-corrected chi connectivity index (χ2v) is 7.69. The van der Waals surface area contributed by atoms with Crippen molar-refractivity contribution in [3.05, 3.63) is 36.0 Å². The molecule has 0 aliphatic carbocycles. The van der Waals surface area contributed by atoms with E-state index in [1.807, 2.05) is 25.7 Å². The van der Waals surface area contributed by atoms with Gasteiger partial charge in [0.1, 0.15) is 5.60 Å². The number of likely N-dealkylation sites (N-methyl/N-ethyl adjacent to an activating group) is 1. The van der Waals surface area contributed by atoms with Gasteiger partial charge in [-0.05, 0) is 59.6 Å². The van der Waals surface area contributed by atoms with Gasteiger partial charge in [0.25, 0.3) is 0 Å². The Morgan fingerprint density at radius 1 is 1.28 bits per heavy atom. The van der Waals surface area contributed by atoms with Gasteiger partial charge in [-0.25, -0.2) is 4.79 Å². The van der Waals surface area contributed by atoms with Gasteiger partial charge in [0.2, 0.25) is 0 Å². The first-order valence-corrected chi connectivity index (χ1v) is 9.44. The lowest BCUT2D eigenvalue weighted by atomic mass is 10.2. The summed E-state index contributed by atoms with van der Waals surface area (Å²) in [5.41, 5.74) is 0.791. The predicted molar refractivity (Wildman–Crippen MR) is 106 cm³/mol. The van der Waals surface area contributed by atoms with Gasteiger partial charge in [0.15, 0.2) is 0 Å². The number of carbonyl (C=O) groups excluding carboxylic acids is 1. The Bertz CT molecular complexity index is 501. The minimum absolute atomic E-state index is 0.181. The third kappa shape index (κ3) is 8.39. The van der Waals surface area contributed by atoms with Crippen LogP contribution in [0.15, 0.2) is 36.0 Å². The van der Waals surface area contributed by atoms with E-state index in [0.29, 0.717) is 0 Å². The monoisotopic (exact) mass is 348 g/mol. The zero-order valence-electron chi connectivity index (χ0n) is 16.9. The lowest BCUT2D eigenvalue weighted by molar-refractivity contribution is 0.0206. The molecule has 1 aliphatic heterocycles. The fourth-order valence-electron chi connectivity index (χ4n) is 2.89. The molecule has 1 rings (SSSR count). The fraction of sp³-hybridized carbons (Fsp3) is 0.667. The van der Waals surface area contributed by atoms with E-state index in [0.717, 1.165) is 38.9 Å². The van der Waals surface area contributed by atoms with Gasteiger partial charge in [-0.2, -0.15) is 0 Å². The van der Waals surface area contributed by atoms with Crippen molar-refractivity contribution >= 4 is 6.09 Å². The Morgan fingerprint density at radius 2 is 1.96 bits per heavy atom. The van der Waals surface area contributed by atoms with Crippen molar-refractivity contribution in [1.29, 1.82) is 0 Å². The fourth-order valence-corrected chi connectivity index (χ4v) is 2.89. The highest BCUT2D eigenvalue weighted by Crippen LogP contribution is 2.21. The van der Waals surface area contributed by atoms with Crippen LogP contribution >= 0.6 is 0 Å². The first kappa shape index (κ1) is 21.5. The molecule has 1 atom stereocenters. The molecular weight excluding hydrogens is 312 g/mol. The molecule has 4 nitrogen and oxygen atoms in total. The second-order valence-electron chi connectivity index (χ2n) is 7.69. The van der Waals surface area contributed by atoms with E-state index in [1.54, 1.807) is 0 Å². The van der Waals surface area contributed by atoms with E-state index >= 15 is 0 Å². The first-order chi connectivity index (χ1) is 11.8. The molecule has 0 aromatic carbocycles. The number of hydrogen-bond donors (Lipinski definition) is 0. The van der Waals surface area contributed by atoms with Crippen molar-refractivity contribution in [3.63, 3.8) is 0 Å². The molecule has 0 aromatic heterocycles. The van der Waals surface area contributed by atoms with Gasteiger partial charge in [0.05, 0.1) is 0 Å². The van der Waals surface area contributed by atoms with Gasteiger partial charge in [0, 0.05) is 25.7 Å². The van der Waals surface area contributed by atoms with Crippen LogP contribution in [-0.2, 0) is 4.74 Å². The molecule has 4 heteroatoms. The summed E-state index contributed by atoms with van der Waals surface area (Å²) in [5.74, 6) is 0. The molecule has 0 aromatic rings. The Kier molecular flexibility index (Phi) is 8.98. The number of rotatable bonds is 7. The Morgan fingerprint density at radius 3 is 2.56 bits per heavy atom. The number of ether oxygens (including phenoxy) is 1. The van der Waals surface area contributed by atoms with Crippen LogP contribution in [0.25, 0.3) is 0 Å². The van der Waals surface area contributed by atoms with Gasteiger partial charge in [-0.3, -0.25) is 0 Å². The number of nitrogens with zero attached hydrogens (tertiary/aromatic N) is 2. The van der Waals surface area contributed by atoms with E-state index in [1.165, 1.54) is 5.57 Å². The van der Waals surface area contributed by atoms with E-state index in [4.69, 9.17) is 4.74 Å². The van der Waals surface area contributed by atoms with Crippen LogP contribution in [0.1, 0.15) is 53.9 Å². The lowest BCUT2D eigenvalue weighted by Crippen LogP contribution is -2.44. The van der Waals surface area contributed by atoms with Gasteiger partial charge >= 0.3 is 6.09 Å². The highest BCUT2D eigenvalue weighted by molar-refractivity contribution is 5.69. The highest BCUT2D eigenvalue weighted by atomic mass is 16.6. The average molecular weight is 349 g/mol. The van der Waals surface area contributed by atoms with Crippen molar-refractivity contribution in [3.8, 4) is 0 Å². The van der Waals surface area contributed by atoms with E-state index in [-0.39, 0.29) is 12.1 Å². The molecule has 142 valence electrons. The zero-order chi connectivity index (χ0) is 18.9. The van der Waals surface area contributed by atoms with Crippen molar-refractivity contribution < 1.29 is 9.53 Å². The molecular formula is C21H36N2O2. The van der Waals surface area contributed by atoms with Crippen molar-refractivity contribution in [2.75, 3.05) is 26.7 Å². The number of carbonyl (C=O) groups is 1. The zero-order valence-corrected chi connectivity index (χ0v) is 16.9. The molecule has 1 aliphatic rings. The number of amides is 1. The third-order valence-corrected chi connectivity index (χ3v) is 4.13.